The lowest BCUT2D eigenvalue weighted by Gasteiger charge is -2.37. The third-order valence-corrected chi connectivity index (χ3v) is 8.86. The summed E-state index contributed by atoms with van der Waals surface area (Å²) in [6.07, 6.45) is 7.82. The second kappa shape index (κ2) is 14.5. The number of methoxy groups -OCH3 is 1. The summed E-state index contributed by atoms with van der Waals surface area (Å²) in [6, 6.07) is 11.3. The number of nitrogens with zero attached hydrogens (tertiary/aromatic N) is 4. The van der Waals surface area contributed by atoms with Gasteiger partial charge in [0, 0.05) is 31.7 Å². The molecule has 240 valence electrons. The van der Waals surface area contributed by atoms with E-state index < -0.39 is 6.04 Å². The maximum absolute atomic E-state index is 13.8. The SMILES string of the molecule is CNC(=O)CN[C@H]1CC[C@@H](CN(C)c2cnc(N3C(=O)Cc4cc(OC)c(OC(C)C)cc4C3c3ccc(Cl)cc3)cn2)CC1. The quantitative estimate of drug-likeness (QED) is 0.306. The number of fused-ring (bicyclic) bond motifs is 1. The topological polar surface area (TPSA) is 109 Å². The summed E-state index contributed by atoms with van der Waals surface area (Å²) < 4.78 is 11.7. The van der Waals surface area contributed by atoms with E-state index in [-0.39, 0.29) is 24.3 Å². The van der Waals surface area contributed by atoms with Gasteiger partial charge in [-0.1, -0.05) is 23.7 Å². The molecule has 1 aromatic heterocycles. The monoisotopic (exact) mass is 634 g/mol. The molecular weight excluding hydrogens is 592 g/mol. The Hall–Kier alpha value is -3.89. The number of ether oxygens (including phenoxy) is 2. The molecule has 3 aromatic rings. The molecule has 1 atom stereocenters. The highest BCUT2D eigenvalue weighted by Crippen LogP contribution is 2.43. The van der Waals surface area contributed by atoms with E-state index in [2.05, 4.69) is 15.5 Å². The molecule has 1 fully saturated rings. The Bertz CT molecular complexity index is 1480. The van der Waals surface area contributed by atoms with Crippen molar-refractivity contribution in [1.82, 2.24) is 20.6 Å². The van der Waals surface area contributed by atoms with Gasteiger partial charge in [-0.05, 0) is 86.4 Å². The number of benzene rings is 2. The van der Waals surface area contributed by atoms with Crippen molar-refractivity contribution in [1.29, 1.82) is 0 Å². The van der Waals surface area contributed by atoms with Gasteiger partial charge in [-0.25, -0.2) is 9.97 Å². The van der Waals surface area contributed by atoms with E-state index in [4.69, 9.17) is 31.0 Å². The normalized spacial score (nSPS) is 19.7. The molecule has 5 rings (SSSR count). The van der Waals surface area contributed by atoms with Gasteiger partial charge in [-0.15, -0.1) is 0 Å². The summed E-state index contributed by atoms with van der Waals surface area (Å²) in [5.74, 6) is 2.91. The number of likely N-dealkylation sites (N-methyl/N-ethyl adjacent to an activating group) is 1. The van der Waals surface area contributed by atoms with E-state index in [0.717, 1.165) is 54.7 Å². The lowest BCUT2D eigenvalue weighted by atomic mass is 9.85. The fourth-order valence-electron chi connectivity index (χ4n) is 6.29. The van der Waals surface area contributed by atoms with E-state index in [1.807, 2.05) is 57.3 Å². The Morgan fingerprint density at radius 2 is 1.82 bits per heavy atom. The molecule has 11 heteroatoms. The first-order valence-corrected chi connectivity index (χ1v) is 16.0. The van der Waals surface area contributed by atoms with E-state index >= 15 is 0 Å². The highest BCUT2D eigenvalue weighted by atomic mass is 35.5. The number of carbonyl (C=O) groups is 2. The molecule has 45 heavy (non-hydrogen) atoms. The zero-order chi connectivity index (χ0) is 32.1. The van der Waals surface area contributed by atoms with Crippen molar-refractivity contribution in [3.63, 3.8) is 0 Å². The molecule has 1 aliphatic carbocycles. The van der Waals surface area contributed by atoms with Gasteiger partial charge in [0.15, 0.2) is 17.3 Å². The van der Waals surface area contributed by atoms with E-state index in [9.17, 15) is 9.59 Å². The Morgan fingerprint density at radius 3 is 2.44 bits per heavy atom. The minimum absolute atomic E-state index is 0.0129. The van der Waals surface area contributed by atoms with Crippen molar-refractivity contribution in [3.05, 3.63) is 70.5 Å². The van der Waals surface area contributed by atoms with Crippen LogP contribution >= 0.6 is 11.6 Å². The van der Waals surface area contributed by atoms with Gasteiger partial charge in [-0.2, -0.15) is 0 Å². The minimum Gasteiger partial charge on any atom is -0.493 e. The average Bonchev–Trinajstić information content (AvgIpc) is 3.04. The minimum atomic E-state index is -0.455. The van der Waals surface area contributed by atoms with Crippen LogP contribution in [0.15, 0.2) is 48.8 Å². The lowest BCUT2D eigenvalue weighted by molar-refractivity contribution is -0.120. The van der Waals surface area contributed by atoms with Crippen molar-refractivity contribution in [3.8, 4) is 11.5 Å². The van der Waals surface area contributed by atoms with E-state index in [1.165, 1.54) is 0 Å². The summed E-state index contributed by atoms with van der Waals surface area (Å²) in [5, 5.41) is 6.63. The summed E-state index contributed by atoms with van der Waals surface area (Å²) in [4.78, 5) is 38.7. The van der Waals surface area contributed by atoms with Gasteiger partial charge < -0.3 is 25.0 Å². The number of amides is 2. The molecule has 0 bridgehead atoms. The zero-order valence-corrected chi connectivity index (χ0v) is 27.4. The zero-order valence-electron chi connectivity index (χ0n) is 26.7. The standard InChI is InChI=1S/C34H43ClN6O4/c1-21(2)45-29-16-27-24(14-28(29)44-5)15-33(43)41(34(27)23-8-10-25(35)11-9-23)31-18-38-30(17-39-31)40(4)20-22-6-12-26(13-7-22)37-19-32(42)36-3/h8-11,14,16-18,21-22,26,34,37H,6-7,12-13,15,19-20H2,1-5H3,(H,36,42)/t22-,26+,34?. The fraction of sp³-hybridized carbons (Fsp3) is 0.471. The number of anilines is 2. The Balaban J connectivity index is 1.36. The molecule has 2 amide bonds. The van der Waals surface area contributed by atoms with Crippen LogP contribution in [0.1, 0.15) is 62.3 Å². The number of hydrogen-bond donors (Lipinski definition) is 2. The van der Waals surface area contributed by atoms with Gasteiger partial charge >= 0.3 is 0 Å². The maximum Gasteiger partial charge on any atom is 0.233 e. The number of hydrogen-bond acceptors (Lipinski definition) is 8. The Labute approximate surface area is 270 Å². The molecular formula is C34H43ClN6O4. The number of rotatable bonds is 11. The van der Waals surface area contributed by atoms with Gasteiger partial charge in [0.05, 0.1) is 44.6 Å². The first kappa shape index (κ1) is 32.5. The largest absolute Gasteiger partial charge is 0.493 e. The summed E-state index contributed by atoms with van der Waals surface area (Å²) in [7, 11) is 5.29. The predicted octanol–water partition coefficient (Wildman–Crippen LogP) is 4.94. The molecule has 0 spiro atoms. The van der Waals surface area contributed by atoms with Crippen LogP contribution in [-0.4, -0.2) is 68.2 Å². The smallest absolute Gasteiger partial charge is 0.233 e. The summed E-state index contributed by atoms with van der Waals surface area (Å²) in [6.45, 7) is 5.16. The Kier molecular flexibility index (Phi) is 10.5. The van der Waals surface area contributed by atoms with Crippen LogP contribution < -0.4 is 29.9 Å². The fourth-order valence-corrected chi connectivity index (χ4v) is 6.41. The van der Waals surface area contributed by atoms with Crippen molar-refractivity contribution in [2.24, 2.45) is 5.92 Å². The third kappa shape index (κ3) is 7.68. The highest BCUT2D eigenvalue weighted by Gasteiger charge is 2.37. The van der Waals surface area contributed by atoms with Crippen LogP contribution in [0.2, 0.25) is 5.02 Å². The molecule has 2 aliphatic rings. The van der Waals surface area contributed by atoms with Crippen LogP contribution in [0.25, 0.3) is 0 Å². The number of carbonyl (C=O) groups excluding carboxylic acids is 2. The molecule has 0 saturated heterocycles. The molecule has 10 nitrogen and oxygen atoms in total. The first-order chi connectivity index (χ1) is 21.7. The number of nitrogens with one attached hydrogen (secondary N) is 2. The molecule has 1 unspecified atom stereocenters. The van der Waals surface area contributed by atoms with E-state index in [0.29, 0.717) is 40.8 Å². The number of halogens is 1. The lowest BCUT2D eigenvalue weighted by Crippen LogP contribution is -2.42. The molecule has 0 radical (unpaired) electrons. The van der Waals surface area contributed by atoms with Crippen molar-refractivity contribution in [2.75, 3.05) is 44.1 Å². The van der Waals surface area contributed by atoms with Crippen LogP contribution in [0.5, 0.6) is 11.5 Å². The van der Waals surface area contributed by atoms with Crippen LogP contribution in [0, 0.1) is 5.92 Å². The van der Waals surface area contributed by atoms with Crippen LogP contribution in [0.3, 0.4) is 0 Å². The molecule has 1 aliphatic heterocycles. The van der Waals surface area contributed by atoms with E-state index in [1.54, 1.807) is 31.5 Å². The first-order valence-electron chi connectivity index (χ1n) is 15.6. The molecule has 1 saturated carbocycles. The van der Waals surface area contributed by atoms with Crippen LogP contribution in [0.4, 0.5) is 11.6 Å². The summed E-state index contributed by atoms with van der Waals surface area (Å²) >= 11 is 6.25. The average molecular weight is 635 g/mol. The van der Waals surface area contributed by atoms with Crippen molar-refractivity contribution in [2.45, 2.75) is 64.1 Å². The van der Waals surface area contributed by atoms with Crippen molar-refractivity contribution >= 4 is 35.1 Å². The molecule has 2 N–H and O–H groups in total. The number of aromatic nitrogens is 2. The summed E-state index contributed by atoms with van der Waals surface area (Å²) in [5.41, 5.74) is 2.72. The maximum atomic E-state index is 13.8. The molecule has 2 heterocycles. The molecule has 2 aromatic carbocycles. The third-order valence-electron chi connectivity index (χ3n) is 8.61. The predicted molar refractivity (Wildman–Crippen MR) is 176 cm³/mol. The highest BCUT2D eigenvalue weighted by molar-refractivity contribution is 6.30. The van der Waals surface area contributed by atoms with Gasteiger partial charge in [-0.3, -0.25) is 14.5 Å². The van der Waals surface area contributed by atoms with Gasteiger partial charge in [0.25, 0.3) is 0 Å². The Morgan fingerprint density at radius 1 is 1.09 bits per heavy atom. The second-order valence-electron chi connectivity index (χ2n) is 12.1. The van der Waals surface area contributed by atoms with Gasteiger partial charge in [0.2, 0.25) is 11.8 Å². The van der Waals surface area contributed by atoms with Crippen molar-refractivity contribution < 1.29 is 19.1 Å². The van der Waals surface area contributed by atoms with Crippen LogP contribution in [-0.2, 0) is 16.0 Å². The second-order valence-corrected chi connectivity index (χ2v) is 12.6. The van der Waals surface area contributed by atoms with Gasteiger partial charge in [0.1, 0.15) is 5.82 Å².